The van der Waals surface area contributed by atoms with Crippen LogP contribution in [0.5, 0.6) is 0 Å². The number of H-pyrrole nitrogens is 1. The van der Waals surface area contributed by atoms with Crippen LogP contribution >= 0.6 is 0 Å². The second kappa shape index (κ2) is 5.33. The third-order valence-corrected chi connectivity index (χ3v) is 3.27. The molecule has 2 N–H and O–H groups in total. The van der Waals surface area contributed by atoms with Gasteiger partial charge in [0.15, 0.2) is 5.78 Å². The summed E-state index contributed by atoms with van der Waals surface area (Å²) in [6.07, 6.45) is 4.98. The first kappa shape index (κ1) is 14.1. The molecule has 4 nitrogen and oxygen atoms in total. The number of allylic oxidation sites excluding steroid dienone is 1. The van der Waals surface area contributed by atoms with Gasteiger partial charge in [0.25, 0.3) is 0 Å². The number of carbonyl (C=O) groups excluding carboxylic acids is 1. The maximum Gasteiger partial charge on any atom is 0.309 e. The van der Waals surface area contributed by atoms with Crippen molar-refractivity contribution in [1.29, 1.82) is 0 Å². The lowest BCUT2D eigenvalue weighted by Crippen LogP contribution is -2.26. The van der Waals surface area contributed by atoms with Gasteiger partial charge >= 0.3 is 5.97 Å². The molecule has 0 aliphatic heterocycles. The Labute approximate surface area is 117 Å². The zero-order valence-corrected chi connectivity index (χ0v) is 11.5. The van der Waals surface area contributed by atoms with Crippen LogP contribution in [0.15, 0.2) is 36.5 Å². The van der Waals surface area contributed by atoms with E-state index in [1.54, 1.807) is 19.9 Å². The molecule has 0 saturated heterocycles. The number of hydrogen-bond donors (Lipinski definition) is 2. The minimum atomic E-state index is -1.04. The fraction of sp³-hybridized carbons (Fsp3) is 0.250. The first-order valence-electron chi connectivity index (χ1n) is 6.40. The van der Waals surface area contributed by atoms with Gasteiger partial charge in [-0.25, -0.2) is 0 Å². The standard InChI is InChI=1S/C16H17NO3/c1-16(2,15(19)20)9-12(18)8-7-11-10-17-14-6-4-3-5-13(11)14/h3-8,10,17H,9H2,1-2H3,(H,19,20). The van der Waals surface area contributed by atoms with E-state index in [0.717, 1.165) is 16.5 Å². The summed E-state index contributed by atoms with van der Waals surface area (Å²) < 4.78 is 0. The summed E-state index contributed by atoms with van der Waals surface area (Å²) in [5.41, 5.74) is 0.884. The van der Waals surface area contributed by atoms with Crippen LogP contribution in [-0.4, -0.2) is 21.8 Å². The second-order valence-corrected chi connectivity index (χ2v) is 5.46. The number of nitrogens with one attached hydrogen (secondary N) is 1. The maximum absolute atomic E-state index is 11.8. The van der Waals surface area contributed by atoms with E-state index in [-0.39, 0.29) is 12.2 Å². The van der Waals surface area contributed by atoms with Gasteiger partial charge in [0, 0.05) is 23.5 Å². The van der Waals surface area contributed by atoms with E-state index in [9.17, 15) is 9.59 Å². The van der Waals surface area contributed by atoms with Gasteiger partial charge in [-0.1, -0.05) is 18.2 Å². The highest BCUT2D eigenvalue weighted by molar-refractivity contribution is 5.99. The number of carboxylic acids is 1. The van der Waals surface area contributed by atoms with Crippen LogP contribution in [0, 0.1) is 5.41 Å². The molecule has 0 saturated carbocycles. The summed E-state index contributed by atoms with van der Waals surface area (Å²) in [7, 11) is 0. The van der Waals surface area contributed by atoms with Crippen LogP contribution in [0.4, 0.5) is 0 Å². The second-order valence-electron chi connectivity index (χ2n) is 5.46. The van der Waals surface area contributed by atoms with Crippen molar-refractivity contribution < 1.29 is 14.7 Å². The Kier molecular flexibility index (Phi) is 3.74. The summed E-state index contributed by atoms with van der Waals surface area (Å²) in [6.45, 7) is 3.10. The van der Waals surface area contributed by atoms with E-state index >= 15 is 0 Å². The van der Waals surface area contributed by atoms with Gasteiger partial charge in [-0.15, -0.1) is 0 Å². The molecule has 104 valence electrons. The summed E-state index contributed by atoms with van der Waals surface area (Å²) in [4.78, 5) is 25.9. The van der Waals surface area contributed by atoms with Crippen molar-refractivity contribution in [2.75, 3.05) is 0 Å². The number of carboxylic acid groups (broad SMARTS) is 1. The number of hydrogen-bond acceptors (Lipinski definition) is 2. The highest BCUT2D eigenvalue weighted by atomic mass is 16.4. The van der Waals surface area contributed by atoms with Crippen molar-refractivity contribution >= 4 is 28.7 Å². The average molecular weight is 271 g/mol. The predicted octanol–water partition coefficient (Wildman–Crippen LogP) is 3.25. The topological polar surface area (TPSA) is 70.2 Å². The minimum Gasteiger partial charge on any atom is -0.481 e. The largest absolute Gasteiger partial charge is 0.481 e. The van der Waals surface area contributed by atoms with Gasteiger partial charge in [0.05, 0.1) is 5.41 Å². The van der Waals surface area contributed by atoms with E-state index in [2.05, 4.69) is 4.98 Å². The van der Waals surface area contributed by atoms with E-state index < -0.39 is 11.4 Å². The van der Waals surface area contributed by atoms with E-state index in [1.807, 2.05) is 30.5 Å². The molecule has 0 radical (unpaired) electrons. The van der Waals surface area contributed by atoms with Crippen molar-refractivity contribution in [2.45, 2.75) is 20.3 Å². The molecule has 0 bridgehead atoms. The average Bonchev–Trinajstić information content (AvgIpc) is 2.79. The molecule has 0 aliphatic carbocycles. The quantitative estimate of drug-likeness (QED) is 0.820. The van der Waals surface area contributed by atoms with Gasteiger partial charge in [-0.3, -0.25) is 9.59 Å². The highest BCUT2D eigenvalue weighted by Crippen LogP contribution is 2.22. The molecule has 1 aromatic carbocycles. The number of aromatic amines is 1. The molecule has 2 aromatic rings. The molecule has 0 atom stereocenters. The molecule has 4 heteroatoms. The Morgan fingerprint density at radius 2 is 2.00 bits per heavy atom. The molecule has 20 heavy (non-hydrogen) atoms. The smallest absolute Gasteiger partial charge is 0.309 e. The lowest BCUT2D eigenvalue weighted by atomic mass is 9.87. The molecule has 0 fully saturated rings. The van der Waals surface area contributed by atoms with Crippen molar-refractivity contribution in [3.8, 4) is 0 Å². The van der Waals surface area contributed by atoms with Crippen molar-refractivity contribution in [3.05, 3.63) is 42.1 Å². The SMILES string of the molecule is CC(C)(CC(=O)C=Cc1c[nH]c2ccccc12)C(=O)O. The van der Waals surface area contributed by atoms with E-state index in [1.165, 1.54) is 6.08 Å². The van der Waals surface area contributed by atoms with Gasteiger partial charge in [-0.2, -0.15) is 0 Å². The molecule has 0 spiro atoms. The van der Waals surface area contributed by atoms with Crippen molar-refractivity contribution in [3.63, 3.8) is 0 Å². The normalized spacial score (nSPS) is 12.1. The number of aromatic nitrogens is 1. The summed E-state index contributed by atoms with van der Waals surface area (Å²) >= 11 is 0. The summed E-state index contributed by atoms with van der Waals surface area (Å²) in [5.74, 6) is -1.16. The molecule has 1 heterocycles. The first-order chi connectivity index (χ1) is 9.40. The van der Waals surface area contributed by atoms with Gasteiger partial charge in [0.2, 0.25) is 0 Å². The van der Waals surface area contributed by atoms with E-state index in [4.69, 9.17) is 5.11 Å². The van der Waals surface area contributed by atoms with Gasteiger partial charge in [0.1, 0.15) is 0 Å². The highest BCUT2D eigenvalue weighted by Gasteiger charge is 2.29. The Morgan fingerprint density at radius 1 is 1.30 bits per heavy atom. The summed E-state index contributed by atoms with van der Waals surface area (Å²) in [5, 5.41) is 10.0. The zero-order chi connectivity index (χ0) is 14.8. The molecule has 1 aromatic heterocycles. The lowest BCUT2D eigenvalue weighted by molar-refractivity contribution is -0.148. The first-order valence-corrected chi connectivity index (χ1v) is 6.40. The number of rotatable bonds is 5. The fourth-order valence-corrected chi connectivity index (χ4v) is 1.98. The van der Waals surface area contributed by atoms with Gasteiger partial charge in [-0.05, 0) is 37.6 Å². The Hall–Kier alpha value is -2.36. The number of benzene rings is 1. The summed E-state index contributed by atoms with van der Waals surface area (Å²) in [6, 6.07) is 7.80. The predicted molar refractivity (Wildman–Crippen MR) is 78.4 cm³/mol. The maximum atomic E-state index is 11.8. The zero-order valence-electron chi connectivity index (χ0n) is 11.5. The van der Waals surface area contributed by atoms with E-state index in [0.29, 0.717) is 0 Å². The Morgan fingerprint density at radius 3 is 2.70 bits per heavy atom. The number of carbonyl (C=O) groups is 2. The number of fused-ring (bicyclic) bond motifs is 1. The minimum absolute atomic E-state index is 0.0127. The lowest BCUT2D eigenvalue weighted by Gasteiger charge is -2.16. The van der Waals surface area contributed by atoms with Gasteiger partial charge < -0.3 is 10.1 Å². The third-order valence-electron chi connectivity index (χ3n) is 3.27. The Bertz CT molecular complexity index is 680. The molecule has 0 aliphatic rings. The van der Waals surface area contributed by atoms with Crippen LogP contribution in [0.2, 0.25) is 0 Å². The van der Waals surface area contributed by atoms with Crippen LogP contribution in [0.1, 0.15) is 25.8 Å². The number of ketones is 1. The molecule has 0 unspecified atom stereocenters. The number of aliphatic carboxylic acids is 1. The van der Waals surface area contributed by atoms with Crippen LogP contribution in [0.3, 0.4) is 0 Å². The monoisotopic (exact) mass is 271 g/mol. The van der Waals surface area contributed by atoms with Crippen LogP contribution in [-0.2, 0) is 9.59 Å². The molecular weight excluding hydrogens is 254 g/mol. The third kappa shape index (κ3) is 2.96. The fourth-order valence-electron chi connectivity index (χ4n) is 1.98. The molecular formula is C16H17NO3. The molecule has 2 rings (SSSR count). The van der Waals surface area contributed by atoms with Crippen molar-refractivity contribution in [1.82, 2.24) is 4.98 Å². The van der Waals surface area contributed by atoms with Crippen LogP contribution < -0.4 is 0 Å². The Balaban J connectivity index is 2.14. The van der Waals surface area contributed by atoms with Crippen LogP contribution in [0.25, 0.3) is 17.0 Å². The number of para-hydroxylation sites is 1. The van der Waals surface area contributed by atoms with Crippen molar-refractivity contribution in [2.24, 2.45) is 5.41 Å². The molecule has 0 amide bonds.